The molecule has 0 radical (unpaired) electrons. The third kappa shape index (κ3) is 2.74. The third-order valence-electron chi connectivity index (χ3n) is 4.97. The summed E-state index contributed by atoms with van der Waals surface area (Å²) >= 11 is 0. The van der Waals surface area contributed by atoms with E-state index < -0.39 is 0 Å². The Morgan fingerprint density at radius 2 is 2.05 bits per heavy atom. The summed E-state index contributed by atoms with van der Waals surface area (Å²) in [5.74, 6) is 1.74. The lowest BCUT2D eigenvalue weighted by atomic mass is 9.95. The van der Waals surface area contributed by atoms with E-state index in [0.717, 1.165) is 44.7 Å². The Kier molecular flexibility index (Phi) is 4.18. The van der Waals surface area contributed by atoms with Crippen LogP contribution in [0.5, 0.6) is 0 Å². The van der Waals surface area contributed by atoms with Gasteiger partial charge in [0.25, 0.3) is 0 Å². The maximum atomic E-state index is 12.6. The number of aromatic nitrogens is 2. The van der Waals surface area contributed by atoms with Crippen LogP contribution in [0.3, 0.4) is 0 Å². The molecule has 1 atom stereocenters. The van der Waals surface area contributed by atoms with E-state index in [-0.39, 0.29) is 17.9 Å². The van der Waals surface area contributed by atoms with Gasteiger partial charge in [0.1, 0.15) is 11.9 Å². The Morgan fingerprint density at radius 3 is 2.59 bits per heavy atom. The summed E-state index contributed by atoms with van der Waals surface area (Å²) in [7, 11) is 2.01. The molecule has 0 spiro atoms. The molecule has 3 rings (SSSR count). The molecule has 120 valence electrons. The van der Waals surface area contributed by atoms with Crippen molar-refractivity contribution >= 4 is 11.8 Å². The minimum Gasteiger partial charge on any atom is -0.341 e. The van der Waals surface area contributed by atoms with Gasteiger partial charge in [0.05, 0.1) is 0 Å². The SMILES string of the molecule is C[C@@H](C(=O)N1CCC(c2nccn2C)CC1)N1CCCC1=O. The Bertz CT molecular complexity index is 560. The van der Waals surface area contributed by atoms with Crippen LogP contribution in [0.4, 0.5) is 0 Å². The number of carbonyl (C=O) groups excluding carboxylic acids is 2. The number of nitrogens with zero attached hydrogens (tertiary/aromatic N) is 4. The normalized spacial score (nSPS) is 21.5. The summed E-state index contributed by atoms with van der Waals surface area (Å²) in [4.78, 5) is 32.5. The molecule has 2 aliphatic rings. The Hall–Kier alpha value is -1.85. The quantitative estimate of drug-likeness (QED) is 0.841. The standard InChI is InChI=1S/C16H24N4O2/c1-12(20-8-3-4-14(20)21)16(22)19-9-5-13(6-10-19)15-17-7-11-18(15)2/h7,11-13H,3-6,8-10H2,1-2H3/t12-/m0/s1. The first-order valence-corrected chi connectivity index (χ1v) is 8.13. The Labute approximate surface area is 131 Å². The number of hydrogen-bond acceptors (Lipinski definition) is 3. The first kappa shape index (κ1) is 15.1. The number of carbonyl (C=O) groups is 2. The maximum absolute atomic E-state index is 12.6. The largest absolute Gasteiger partial charge is 0.341 e. The number of amides is 2. The summed E-state index contributed by atoms with van der Waals surface area (Å²) in [6.07, 6.45) is 7.13. The van der Waals surface area contributed by atoms with Crippen molar-refractivity contribution in [3.63, 3.8) is 0 Å². The van der Waals surface area contributed by atoms with Crippen molar-refractivity contribution in [1.29, 1.82) is 0 Å². The van der Waals surface area contributed by atoms with Crippen molar-refractivity contribution in [3.8, 4) is 0 Å². The molecule has 0 aliphatic carbocycles. The molecule has 0 aromatic carbocycles. The smallest absolute Gasteiger partial charge is 0.245 e. The molecule has 6 heteroatoms. The van der Waals surface area contributed by atoms with Crippen LogP contribution < -0.4 is 0 Å². The van der Waals surface area contributed by atoms with Crippen molar-refractivity contribution in [2.24, 2.45) is 7.05 Å². The monoisotopic (exact) mass is 304 g/mol. The maximum Gasteiger partial charge on any atom is 0.245 e. The zero-order valence-corrected chi connectivity index (χ0v) is 13.4. The molecule has 1 aromatic heterocycles. The van der Waals surface area contributed by atoms with Crippen LogP contribution >= 0.6 is 0 Å². The molecule has 2 amide bonds. The summed E-state index contributed by atoms with van der Waals surface area (Å²) in [5.41, 5.74) is 0. The number of likely N-dealkylation sites (tertiary alicyclic amines) is 2. The van der Waals surface area contributed by atoms with Gasteiger partial charge in [-0.25, -0.2) is 4.98 Å². The molecule has 2 fully saturated rings. The lowest BCUT2D eigenvalue weighted by Crippen LogP contribution is -2.49. The van der Waals surface area contributed by atoms with Crippen molar-refractivity contribution in [3.05, 3.63) is 18.2 Å². The van der Waals surface area contributed by atoms with Gasteiger partial charge in [-0.1, -0.05) is 0 Å². The average Bonchev–Trinajstić information content (AvgIpc) is 3.14. The first-order chi connectivity index (χ1) is 10.6. The topological polar surface area (TPSA) is 58.4 Å². The van der Waals surface area contributed by atoms with Crippen molar-refractivity contribution in [2.75, 3.05) is 19.6 Å². The van der Waals surface area contributed by atoms with E-state index in [1.54, 1.807) is 4.90 Å². The number of aryl methyl sites for hydroxylation is 1. The molecule has 6 nitrogen and oxygen atoms in total. The van der Waals surface area contributed by atoms with Crippen LogP contribution in [0.15, 0.2) is 12.4 Å². The van der Waals surface area contributed by atoms with E-state index in [1.165, 1.54) is 0 Å². The second-order valence-electron chi connectivity index (χ2n) is 6.36. The van der Waals surface area contributed by atoms with Crippen molar-refractivity contribution in [2.45, 2.75) is 44.6 Å². The van der Waals surface area contributed by atoms with Crippen molar-refractivity contribution < 1.29 is 9.59 Å². The molecule has 2 aliphatic heterocycles. The third-order valence-corrected chi connectivity index (χ3v) is 4.97. The molecular formula is C16H24N4O2. The highest BCUT2D eigenvalue weighted by Gasteiger charge is 2.34. The van der Waals surface area contributed by atoms with Crippen LogP contribution in [0.2, 0.25) is 0 Å². The van der Waals surface area contributed by atoms with Crippen LogP contribution in [0, 0.1) is 0 Å². The van der Waals surface area contributed by atoms with E-state index in [2.05, 4.69) is 9.55 Å². The number of hydrogen-bond donors (Lipinski definition) is 0. The van der Waals surface area contributed by atoms with Gasteiger partial charge in [-0.05, 0) is 26.2 Å². The number of imidazole rings is 1. The number of rotatable bonds is 3. The molecule has 1 aromatic rings. The summed E-state index contributed by atoms with van der Waals surface area (Å²) in [6, 6.07) is -0.320. The second-order valence-corrected chi connectivity index (χ2v) is 6.36. The predicted molar refractivity (Wildman–Crippen MR) is 82.2 cm³/mol. The highest BCUT2D eigenvalue weighted by atomic mass is 16.2. The predicted octanol–water partition coefficient (Wildman–Crippen LogP) is 1.14. The Balaban J connectivity index is 1.58. The zero-order valence-electron chi connectivity index (χ0n) is 13.4. The molecule has 0 saturated carbocycles. The summed E-state index contributed by atoms with van der Waals surface area (Å²) < 4.78 is 2.06. The van der Waals surface area contributed by atoms with E-state index in [0.29, 0.717) is 12.3 Å². The van der Waals surface area contributed by atoms with Crippen LogP contribution in [-0.2, 0) is 16.6 Å². The lowest BCUT2D eigenvalue weighted by Gasteiger charge is -2.35. The van der Waals surface area contributed by atoms with E-state index in [9.17, 15) is 9.59 Å². The Morgan fingerprint density at radius 1 is 1.32 bits per heavy atom. The molecule has 22 heavy (non-hydrogen) atoms. The van der Waals surface area contributed by atoms with Gasteiger partial charge in [-0.15, -0.1) is 0 Å². The van der Waals surface area contributed by atoms with E-state index in [4.69, 9.17) is 0 Å². The second kappa shape index (κ2) is 6.10. The van der Waals surface area contributed by atoms with Crippen LogP contribution in [0.25, 0.3) is 0 Å². The highest BCUT2D eigenvalue weighted by Crippen LogP contribution is 2.27. The highest BCUT2D eigenvalue weighted by molar-refractivity contribution is 5.88. The van der Waals surface area contributed by atoms with E-state index in [1.807, 2.05) is 31.3 Å². The number of piperidine rings is 1. The van der Waals surface area contributed by atoms with Gasteiger partial charge in [0.15, 0.2) is 0 Å². The minimum atomic E-state index is -0.320. The fraction of sp³-hybridized carbons (Fsp3) is 0.688. The molecule has 0 bridgehead atoms. The summed E-state index contributed by atoms with van der Waals surface area (Å²) in [6.45, 7) is 4.08. The molecule has 2 saturated heterocycles. The fourth-order valence-corrected chi connectivity index (χ4v) is 3.60. The van der Waals surface area contributed by atoms with Gasteiger partial charge >= 0.3 is 0 Å². The average molecular weight is 304 g/mol. The van der Waals surface area contributed by atoms with Gasteiger partial charge < -0.3 is 14.4 Å². The minimum absolute atomic E-state index is 0.0912. The van der Waals surface area contributed by atoms with Gasteiger partial charge in [0, 0.05) is 51.4 Å². The molecule has 0 N–H and O–H groups in total. The molecule has 3 heterocycles. The fourth-order valence-electron chi connectivity index (χ4n) is 3.60. The van der Waals surface area contributed by atoms with Crippen LogP contribution in [0.1, 0.15) is 44.3 Å². The van der Waals surface area contributed by atoms with Crippen molar-refractivity contribution in [1.82, 2.24) is 19.4 Å². The molecule has 0 unspecified atom stereocenters. The van der Waals surface area contributed by atoms with Gasteiger partial charge in [-0.3, -0.25) is 9.59 Å². The van der Waals surface area contributed by atoms with Crippen LogP contribution in [-0.4, -0.2) is 56.8 Å². The van der Waals surface area contributed by atoms with Gasteiger partial charge in [0.2, 0.25) is 11.8 Å². The molecular weight excluding hydrogens is 280 g/mol. The van der Waals surface area contributed by atoms with Gasteiger partial charge in [-0.2, -0.15) is 0 Å². The summed E-state index contributed by atoms with van der Waals surface area (Å²) in [5, 5.41) is 0. The lowest BCUT2D eigenvalue weighted by molar-refractivity contribution is -0.143. The van der Waals surface area contributed by atoms with E-state index >= 15 is 0 Å². The first-order valence-electron chi connectivity index (χ1n) is 8.13. The zero-order chi connectivity index (χ0) is 15.7.